The average molecular weight is 407 g/mol. The Kier molecular flexibility index (Phi) is 5.28. The maximum absolute atomic E-state index is 13.6. The van der Waals surface area contributed by atoms with Crippen molar-refractivity contribution in [2.45, 2.75) is 19.9 Å². The first-order chi connectivity index (χ1) is 13.9. The average Bonchev–Trinajstić information content (AvgIpc) is 3.11. The molecule has 2 heterocycles. The number of benzene rings is 2. The fourth-order valence-electron chi connectivity index (χ4n) is 3.27. The molecule has 1 amide bonds. The van der Waals surface area contributed by atoms with E-state index in [1.807, 2.05) is 24.3 Å². The minimum atomic E-state index is -0.672. The van der Waals surface area contributed by atoms with Gasteiger partial charge in [0.1, 0.15) is 24.5 Å². The van der Waals surface area contributed by atoms with Crippen molar-refractivity contribution >= 4 is 35.6 Å². The van der Waals surface area contributed by atoms with Crippen LogP contribution in [0.5, 0.6) is 0 Å². The van der Waals surface area contributed by atoms with Crippen molar-refractivity contribution in [3.8, 4) is 10.6 Å². The third-order valence-electron chi connectivity index (χ3n) is 4.64. The summed E-state index contributed by atoms with van der Waals surface area (Å²) in [7, 11) is 5.76. The van der Waals surface area contributed by atoms with Crippen LogP contribution in [0.25, 0.3) is 10.6 Å². The van der Waals surface area contributed by atoms with Crippen molar-refractivity contribution in [1.29, 1.82) is 0 Å². The quantitative estimate of drug-likeness (QED) is 0.620. The van der Waals surface area contributed by atoms with Crippen molar-refractivity contribution < 1.29 is 13.6 Å². The van der Waals surface area contributed by atoms with E-state index in [1.54, 1.807) is 13.1 Å². The molecule has 0 bridgehead atoms. The molecule has 0 aliphatic carbocycles. The molecule has 0 N–H and O–H groups in total. The van der Waals surface area contributed by atoms with E-state index in [4.69, 9.17) is 7.85 Å². The van der Waals surface area contributed by atoms with Crippen LogP contribution in [0.1, 0.15) is 24.5 Å². The first kappa shape index (κ1) is 19.5. The Morgan fingerprint density at radius 2 is 1.93 bits per heavy atom. The number of hydrogen-bond donors (Lipinski definition) is 0. The van der Waals surface area contributed by atoms with Gasteiger partial charge in [-0.3, -0.25) is 4.79 Å². The van der Waals surface area contributed by atoms with Gasteiger partial charge in [0.25, 0.3) is 0 Å². The standard InChI is InChI=1S/C21H16BF2N3OS/c1-12-5-18(15-7-16(23)9-17(24)8-15)26-27(21(12)28)11-13-3-2-4-14(6-13)20-25-10-19(22)29-20/h2-4,6-10,12H,5,11H2,1H3. The molecule has 0 saturated carbocycles. The lowest BCUT2D eigenvalue weighted by molar-refractivity contribution is -0.136. The summed E-state index contributed by atoms with van der Waals surface area (Å²) in [6.07, 6.45) is 1.94. The highest BCUT2D eigenvalue weighted by atomic mass is 32.1. The largest absolute Gasteiger partial charge is 0.273 e. The van der Waals surface area contributed by atoms with Gasteiger partial charge in [0, 0.05) is 35.7 Å². The normalized spacial score (nSPS) is 16.8. The van der Waals surface area contributed by atoms with Gasteiger partial charge in [-0.1, -0.05) is 25.1 Å². The fraction of sp³-hybridized carbons (Fsp3) is 0.190. The molecule has 1 atom stereocenters. The summed E-state index contributed by atoms with van der Waals surface area (Å²) in [5.41, 5.74) is 2.60. The molecule has 1 aliphatic heterocycles. The third-order valence-corrected chi connectivity index (χ3v) is 5.52. The Morgan fingerprint density at radius 3 is 2.62 bits per heavy atom. The van der Waals surface area contributed by atoms with Gasteiger partial charge >= 0.3 is 0 Å². The molecule has 1 aromatic heterocycles. The number of hydrazone groups is 1. The number of carbonyl (C=O) groups excluding carboxylic acids is 1. The Balaban J connectivity index is 1.64. The van der Waals surface area contributed by atoms with Crippen LogP contribution < -0.4 is 4.78 Å². The number of nitrogens with zero attached hydrogens (tertiary/aromatic N) is 3. The van der Waals surface area contributed by atoms with Gasteiger partial charge in [-0.15, -0.1) is 11.3 Å². The second kappa shape index (κ2) is 7.87. The molecule has 3 aromatic rings. The van der Waals surface area contributed by atoms with Crippen molar-refractivity contribution in [1.82, 2.24) is 9.99 Å². The number of halogens is 2. The van der Waals surface area contributed by atoms with Gasteiger partial charge in [0.2, 0.25) is 5.91 Å². The van der Waals surface area contributed by atoms with E-state index in [9.17, 15) is 13.6 Å². The highest BCUT2D eigenvalue weighted by Gasteiger charge is 2.28. The van der Waals surface area contributed by atoms with E-state index in [0.717, 1.165) is 22.2 Å². The molecule has 4 rings (SSSR count). The molecule has 0 spiro atoms. The Labute approximate surface area is 172 Å². The first-order valence-electron chi connectivity index (χ1n) is 9.05. The van der Waals surface area contributed by atoms with Crippen molar-refractivity contribution in [2.75, 3.05) is 0 Å². The van der Waals surface area contributed by atoms with E-state index >= 15 is 0 Å². The predicted octanol–water partition coefficient (Wildman–Crippen LogP) is 3.65. The van der Waals surface area contributed by atoms with E-state index in [0.29, 0.717) is 22.5 Å². The summed E-state index contributed by atoms with van der Waals surface area (Å²) in [4.78, 5) is 16.9. The summed E-state index contributed by atoms with van der Waals surface area (Å²) in [6.45, 7) is 2.04. The molecule has 2 aromatic carbocycles. The first-order valence-corrected chi connectivity index (χ1v) is 9.86. The summed E-state index contributed by atoms with van der Waals surface area (Å²) < 4.78 is 27.9. The lowest BCUT2D eigenvalue weighted by Gasteiger charge is -2.28. The zero-order chi connectivity index (χ0) is 20.5. The summed E-state index contributed by atoms with van der Waals surface area (Å²) in [5.74, 6) is -1.81. The smallest absolute Gasteiger partial charge is 0.246 e. The number of amides is 1. The number of hydrogen-bond acceptors (Lipinski definition) is 4. The van der Waals surface area contributed by atoms with E-state index < -0.39 is 11.6 Å². The van der Waals surface area contributed by atoms with Gasteiger partial charge in [0.05, 0.1) is 12.3 Å². The maximum atomic E-state index is 13.6. The highest BCUT2D eigenvalue weighted by molar-refractivity contribution is 7.22. The van der Waals surface area contributed by atoms with Crippen molar-refractivity contribution in [3.05, 3.63) is 71.4 Å². The van der Waals surface area contributed by atoms with Crippen LogP contribution in [0.15, 0.2) is 53.8 Å². The van der Waals surface area contributed by atoms with Crippen LogP contribution in [0.2, 0.25) is 0 Å². The SMILES string of the molecule is [B]c1cnc(-c2cccc(CN3N=C(c4cc(F)cc(F)c4)CC(C)C3=O)c2)s1. The zero-order valence-corrected chi connectivity index (χ0v) is 16.4. The van der Waals surface area contributed by atoms with Crippen LogP contribution >= 0.6 is 11.3 Å². The molecule has 2 radical (unpaired) electrons. The monoisotopic (exact) mass is 407 g/mol. The summed E-state index contributed by atoms with van der Waals surface area (Å²) in [5, 5.41) is 6.56. The fourth-order valence-corrected chi connectivity index (χ4v) is 3.95. The molecule has 0 fully saturated rings. The van der Waals surface area contributed by atoms with Crippen LogP contribution in [0, 0.1) is 17.6 Å². The van der Waals surface area contributed by atoms with Crippen LogP contribution in [0.3, 0.4) is 0 Å². The van der Waals surface area contributed by atoms with Crippen LogP contribution in [0.4, 0.5) is 8.78 Å². The molecule has 0 saturated heterocycles. The lowest BCUT2D eigenvalue weighted by Crippen LogP contribution is -2.37. The molecule has 144 valence electrons. The molecule has 8 heteroatoms. The Morgan fingerprint density at radius 1 is 1.17 bits per heavy atom. The van der Waals surface area contributed by atoms with Crippen LogP contribution in [-0.2, 0) is 11.3 Å². The second-order valence-corrected chi connectivity index (χ2v) is 8.04. The molecule has 1 unspecified atom stereocenters. The number of aromatic nitrogens is 1. The lowest BCUT2D eigenvalue weighted by atomic mass is 9.96. The topological polar surface area (TPSA) is 45.6 Å². The van der Waals surface area contributed by atoms with Gasteiger partial charge in [-0.25, -0.2) is 18.8 Å². The van der Waals surface area contributed by atoms with Gasteiger partial charge in [-0.2, -0.15) is 5.10 Å². The Bertz CT molecular complexity index is 1090. The summed E-state index contributed by atoms with van der Waals surface area (Å²) in [6, 6.07) is 10.9. The molecule has 1 aliphatic rings. The van der Waals surface area contributed by atoms with Gasteiger partial charge < -0.3 is 0 Å². The number of carbonyl (C=O) groups is 1. The van der Waals surface area contributed by atoms with E-state index in [2.05, 4.69) is 10.1 Å². The van der Waals surface area contributed by atoms with Crippen LogP contribution in [-0.4, -0.2) is 29.5 Å². The zero-order valence-electron chi connectivity index (χ0n) is 15.6. The molecular weight excluding hydrogens is 391 g/mol. The third kappa shape index (κ3) is 4.27. The molecule has 29 heavy (non-hydrogen) atoms. The highest BCUT2D eigenvalue weighted by Crippen LogP contribution is 2.25. The van der Waals surface area contributed by atoms with Gasteiger partial charge in [0.15, 0.2) is 0 Å². The minimum absolute atomic E-state index is 0.130. The van der Waals surface area contributed by atoms with E-state index in [1.165, 1.54) is 28.5 Å². The number of thiazole rings is 1. The van der Waals surface area contributed by atoms with Crippen molar-refractivity contribution in [3.63, 3.8) is 0 Å². The maximum Gasteiger partial charge on any atom is 0.246 e. The number of rotatable bonds is 4. The molecule has 4 nitrogen and oxygen atoms in total. The second-order valence-electron chi connectivity index (χ2n) is 6.97. The minimum Gasteiger partial charge on any atom is -0.273 e. The summed E-state index contributed by atoms with van der Waals surface area (Å²) >= 11 is 1.38. The van der Waals surface area contributed by atoms with Gasteiger partial charge in [-0.05, 0) is 28.5 Å². The molecular formula is C21H16BF2N3OS. The predicted molar refractivity (Wildman–Crippen MR) is 110 cm³/mol. The van der Waals surface area contributed by atoms with Crippen molar-refractivity contribution in [2.24, 2.45) is 11.0 Å². The van der Waals surface area contributed by atoms with E-state index in [-0.39, 0.29) is 18.4 Å². The Hall–Kier alpha value is -2.87.